The molecule has 0 aliphatic heterocycles. The van der Waals surface area contributed by atoms with Crippen molar-refractivity contribution in [1.82, 2.24) is 0 Å². The van der Waals surface area contributed by atoms with E-state index in [0.717, 1.165) is 11.8 Å². The summed E-state index contributed by atoms with van der Waals surface area (Å²) >= 11 is 0. The van der Waals surface area contributed by atoms with Gasteiger partial charge in [0.2, 0.25) is 0 Å². The number of rotatable bonds is 1. The Labute approximate surface area is 110 Å². The van der Waals surface area contributed by atoms with Gasteiger partial charge in [-0.3, -0.25) is 0 Å². The molecule has 17 heavy (non-hydrogen) atoms. The first-order valence-corrected chi connectivity index (χ1v) is 7.44. The maximum absolute atomic E-state index is 2.58. The second-order valence-electron chi connectivity index (χ2n) is 9.13. The Hall–Kier alpha value is 0.130. The van der Waals surface area contributed by atoms with Crippen LogP contribution in [-0.4, -0.2) is 15.7 Å². The Morgan fingerprint density at radius 3 is 1.88 bits per heavy atom. The largest absolute Gasteiger partial charge is 0.100 e. The fraction of sp³-hybridized carbons (Fsp3) is 1.00. The molecule has 0 amide bonds. The maximum atomic E-state index is 2.58. The van der Waals surface area contributed by atoms with Crippen molar-refractivity contribution in [3.05, 3.63) is 0 Å². The van der Waals surface area contributed by atoms with E-state index in [1.807, 2.05) is 0 Å². The average Bonchev–Trinajstić information content (AvgIpc) is 2.46. The smallest absolute Gasteiger partial charge is 0.0766 e. The summed E-state index contributed by atoms with van der Waals surface area (Å²) in [4.78, 5) is 0. The number of hydrogen-bond acceptors (Lipinski definition) is 0. The van der Waals surface area contributed by atoms with Crippen LogP contribution in [0.4, 0.5) is 0 Å². The zero-order chi connectivity index (χ0) is 13.3. The summed E-state index contributed by atoms with van der Waals surface area (Å²) in [5.74, 6) is 1.86. The van der Waals surface area contributed by atoms with Crippen LogP contribution in [-0.2, 0) is 0 Å². The molecule has 3 atom stereocenters. The van der Waals surface area contributed by atoms with Gasteiger partial charge in [0.1, 0.15) is 15.7 Å². The lowest BCUT2D eigenvalue weighted by atomic mass is 9.35. The molecule has 0 heterocycles. The van der Waals surface area contributed by atoms with Crippen LogP contribution in [0.25, 0.3) is 0 Å². The van der Waals surface area contributed by atoms with Gasteiger partial charge in [0.05, 0.1) is 0 Å². The van der Waals surface area contributed by atoms with Crippen LogP contribution < -0.4 is 0 Å². The molecule has 0 spiro atoms. The summed E-state index contributed by atoms with van der Waals surface area (Å²) in [5.41, 5.74) is 1.52. The van der Waals surface area contributed by atoms with Gasteiger partial charge in [-0.25, -0.2) is 0 Å². The molecule has 0 aromatic rings. The van der Waals surface area contributed by atoms with E-state index in [4.69, 9.17) is 0 Å². The monoisotopic (exact) mass is 232 g/mol. The Bertz CT molecular complexity index is 324. The van der Waals surface area contributed by atoms with Crippen LogP contribution in [0.5, 0.6) is 0 Å². The Morgan fingerprint density at radius 2 is 1.59 bits per heavy atom. The predicted octanol–water partition coefficient (Wildman–Crippen LogP) is 2.88. The van der Waals surface area contributed by atoms with Gasteiger partial charge >= 0.3 is 0 Å². The molecule has 2 heteroatoms. The van der Waals surface area contributed by atoms with E-state index in [-0.39, 0.29) is 0 Å². The topological polar surface area (TPSA) is 0 Å². The highest BCUT2D eigenvalue weighted by atomic mass is 14.7. The van der Waals surface area contributed by atoms with E-state index >= 15 is 0 Å². The number of hydrogen-bond donors (Lipinski definition) is 0. The highest BCUT2D eigenvalue weighted by Gasteiger charge is 2.65. The molecule has 2 saturated carbocycles. The predicted molar refractivity (Wildman–Crippen MR) is 82.0 cm³/mol. The third-order valence-corrected chi connectivity index (χ3v) is 7.60. The number of fused-ring (bicyclic) bond motifs is 2. The molecule has 0 aromatic heterocycles. The van der Waals surface area contributed by atoms with Crippen LogP contribution in [0.1, 0.15) is 60.8 Å². The fourth-order valence-electron chi connectivity index (χ4n) is 4.82. The molecule has 2 rings (SSSR count). The van der Waals surface area contributed by atoms with Crippen LogP contribution in [0.2, 0.25) is 5.21 Å². The molecule has 96 valence electrons. The molecule has 0 aromatic carbocycles. The van der Waals surface area contributed by atoms with Crippen molar-refractivity contribution in [2.24, 2.45) is 28.1 Å². The van der Waals surface area contributed by atoms with E-state index in [2.05, 4.69) is 57.2 Å². The van der Waals surface area contributed by atoms with Gasteiger partial charge in [0.15, 0.2) is 0 Å². The third kappa shape index (κ3) is 1.51. The highest BCUT2D eigenvalue weighted by molar-refractivity contribution is 6.40. The molecular formula is C15H30B2. The van der Waals surface area contributed by atoms with Crippen molar-refractivity contribution in [3.8, 4) is 0 Å². The van der Waals surface area contributed by atoms with Gasteiger partial charge in [0, 0.05) is 0 Å². The summed E-state index contributed by atoms with van der Waals surface area (Å²) in [5, 5.41) is 0.439. The molecule has 0 nitrogen and oxygen atoms in total. The molecule has 3 unspecified atom stereocenters. The van der Waals surface area contributed by atoms with E-state index in [1.165, 1.54) is 19.3 Å². The average molecular weight is 232 g/mol. The van der Waals surface area contributed by atoms with Crippen molar-refractivity contribution >= 4 is 15.7 Å². The fourth-order valence-corrected chi connectivity index (χ4v) is 4.82. The third-order valence-electron chi connectivity index (χ3n) is 7.60. The first kappa shape index (κ1) is 13.6. The lowest BCUT2D eigenvalue weighted by Crippen LogP contribution is -2.45. The standard InChI is InChI=1S/C15H30B2/c1-12(2,3)15(16,17)11-9-10-7-8-14(11,6)13(10,4)5/h10-11H,7-9,16-17H2,1-6H3. The van der Waals surface area contributed by atoms with Gasteiger partial charge in [-0.2, -0.15) is 0 Å². The summed E-state index contributed by atoms with van der Waals surface area (Å²) < 4.78 is 0. The zero-order valence-electron chi connectivity index (χ0n) is 13.3. The molecule has 2 aliphatic carbocycles. The lowest BCUT2D eigenvalue weighted by Gasteiger charge is -2.53. The summed E-state index contributed by atoms with van der Waals surface area (Å²) in [6.07, 6.45) is 4.39. The SMILES string of the molecule is BC(B)(C1CC2CCC1(C)C2(C)C)C(C)(C)C. The minimum Gasteiger partial charge on any atom is -0.0766 e. The minimum absolute atomic E-state index is 0.404. The zero-order valence-corrected chi connectivity index (χ0v) is 13.3. The first-order valence-electron chi connectivity index (χ1n) is 7.44. The van der Waals surface area contributed by atoms with Gasteiger partial charge in [-0.15, -0.1) is 0 Å². The van der Waals surface area contributed by atoms with Crippen LogP contribution in [0.15, 0.2) is 0 Å². The Morgan fingerprint density at radius 1 is 1.06 bits per heavy atom. The normalized spacial score (nSPS) is 40.8. The van der Waals surface area contributed by atoms with Gasteiger partial charge < -0.3 is 0 Å². The van der Waals surface area contributed by atoms with Crippen LogP contribution in [0, 0.1) is 28.1 Å². The van der Waals surface area contributed by atoms with Gasteiger partial charge in [-0.05, 0) is 47.3 Å². The van der Waals surface area contributed by atoms with Gasteiger partial charge in [0.25, 0.3) is 0 Å². The second-order valence-corrected chi connectivity index (χ2v) is 9.13. The molecule has 2 fully saturated rings. The first-order chi connectivity index (χ1) is 7.44. The van der Waals surface area contributed by atoms with E-state index in [9.17, 15) is 0 Å². The van der Waals surface area contributed by atoms with Crippen molar-refractivity contribution in [2.45, 2.75) is 66.0 Å². The Balaban J connectivity index is 2.39. The highest BCUT2D eigenvalue weighted by Crippen LogP contribution is 2.73. The van der Waals surface area contributed by atoms with Crippen molar-refractivity contribution in [1.29, 1.82) is 0 Å². The molecule has 0 radical (unpaired) electrons. The molecule has 2 bridgehead atoms. The summed E-state index contributed by atoms with van der Waals surface area (Å²) in [7, 11) is 5.03. The second kappa shape index (κ2) is 3.36. The quantitative estimate of drug-likeness (QED) is 0.609. The van der Waals surface area contributed by atoms with Crippen LogP contribution in [0.3, 0.4) is 0 Å². The summed E-state index contributed by atoms with van der Waals surface area (Å²) in [6, 6.07) is 0. The summed E-state index contributed by atoms with van der Waals surface area (Å²) in [6.45, 7) is 14.9. The van der Waals surface area contributed by atoms with Crippen molar-refractivity contribution in [3.63, 3.8) is 0 Å². The Kier molecular flexibility index (Phi) is 2.68. The van der Waals surface area contributed by atoms with Crippen molar-refractivity contribution < 1.29 is 0 Å². The lowest BCUT2D eigenvalue weighted by molar-refractivity contribution is 0.0649. The maximum Gasteiger partial charge on any atom is 0.100 e. The van der Waals surface area contributed by atoms with Gasteiger partial charge in [-0.1, -0.05) is 46.8 Å². The van der Waals surface area contributed by atoms with Crippen LogP contribution >= 0.6 is 0 Å². The molecule has 0 saturated heterocycles. The van der Waals surface area contributed by atoms with E-state index < -0.39 is 0 Å². The molecule has 0 N–H and O–H groups in total. The van der Waals surface area contributed by atoms with Crippen molar-refractivity contribution in [2.75, 3.05) is 0 Å². The van der Waals surface area contributed by atoms with E-state index in [1.54, 1.807) is 0 Å². The minimum atomic E-state index is 0.404. The van der Waals surface area contributed by atoms with E-state index in [0.29, 0.717) is 21.5 Å². The molecule has 2 aliphatic rings. The molecular weight excluding hydrogens is 202 g/mol.